The van der Waals surface area contributed by atoms with Crippen LogP contribution in [0.5, 0.6) is 0 Å². The van der Waals surface area contributed by atoms with Crippen molar-refractivity contribution in [2.45, 2.75) is 6.18 Å². The van der Waals surface area contributed by atoms with Crippen LogP contribution in [0, 0.1) is 0 Å². The third-order valence-electron chi connectivity index (χ3n) is 2.39. The maximum Gasteiger partial charge on any atom is 0.416 e. The quantitative estimate of drug-likeness (QED) is 0.822. The summed E-state index contributed by atoms with van der Waals surface area (Å²) in [6.45, 7) is 0.947. The average Bonchev–Trinajstić information content (AvgIpc) is 2.26. The lowest BCUT2D eigenvalue weighted by atomic mass is 10.1. The van der Waals surface area contributed by atoms with E-state index in [2.05, 4.69) is 5.32 Å². The van der Waals surface area contributed by atoms with E-state index in [0.29, 0.717) is 13.1 Å². The molecule has 21 heavy (non-hydrogen) atoms. The zero-order valence-corrected chi connectivity index (χ0v) is 13.2. The number of amides is 1. The van der Waals surface area contributed by atoms with Gasteiger partial charge in [-0.2, -0.15) is 13.2 Å². The van der Waals surface area contributed by atoms with Gasteiger partial charge < -0.3 is 16.0 Å². The second-order valence-corrected chi connectivity index (χ2v) is 4.40. The molecule has 1 rings (SSSR count). The number of halogens is 5. The van der Waals surface area contributed by atoms with E-state index in [0.717, 1.165) is 12.1 Å². The van der Waals surface area contributed by atoms with Crippen LogP contribution in [0.25, 0.3) is 0 Å². The molecule has 0 bridgehead atoms. The number of carbonyl (C=O) groups is 1. The number of hydrogen-bond donors (Lipinski definition) is 2. The van der Waals surface area contributed by atoms with E-state index < -0.39 is 17.6 Å². The van der Waals surface area contributed by atoms with Crippen LogP contribution in [0.15, 0.2) is 18.2 Å². The number of rotatable bonds is 4. The number of nitrogens with zero attached hydrogens (tertiary/aromatic N) is 1. The summed E-state index contributed by atoms with van der Waals surface area (Å²) in [5.74, 6) is -0.570. The number of nitrogens with two attached hydrogens (primary N) is 1. The number of alkyl halides is 3. The smallest absolute Gasteiger partial charge is 0.399 e. The Kier molecular flexibility index (Phi) is 9.44. The molecule has 0 heterocycles. The number of hydrogen-bond acceptors (Lipinski definition) is 3. The predicted octanol–water partition coefficient (Wildman–Crippen LogP) is 2.42. The molecule has 1 aromatic carbocycles. The van der Waals surface area contributed by atoms with Crippen LogP contribution in [0.1, 0.15) is 15.9 Å². The first-order chi connectivity index (χ1) is 8.70. The molecule has 1 aromatic rings. The van der Waals surface area contributed by atoms with Gasteiger partial charge in [-0.15, -0.1) is 24.8 Å². The number of carbonyl (C=O) groups excluding carboxylic acids is 1. The molecule has 1 amide bonds. The summed E-state index contributed by atoms with van der Waals surface area (Å²) < 4.78 is 37.7. The Hall–Kier alpha value is -1.18. The van der Waals surface area contributed by atoms with Crippen LogP contribution in [0.3, 0.4) is 0 Å². The summed E-state index contributed by atoms with van der Waals surface area (Å²) in [5.41, 5.74) is 4.28. The lowest BCUT2D eigenvalue weighted by Gasteiger charge is -2.12. The van der Waals surface area contributed by atoms with Crippen LogP contribution in [0.2, 0.25) is 0 Å². The van der Waals surface area contributed by atoms with Gasteiger partial charge in [0.1, 0.15) is 0 Å². The maximum atomic E-state index is 12.6. The highest BCUT2D eigenvalue weighted by molar-refractivity contribution is 5.95. The zero-order chi connectivity index (χ0) is 14.6. The van der Waals surface area contributed by atoms with Crippen molar-refractivity contribution in [3.05, 3.63) is 29.3 Å². The molecule has 0 fully saturated rings. The van der Waals surface area contributed by atoms with Crippen LogP contribution >= 0.6 is 24.8 Å². The van der Waals surface area contributed by atoms with Gasteiger partial charge in [-0.3, -0.25) is 4.79 Å². The molecule has 0 radical (unpaired) electrons. The minimum Gasteiger partial charge on any atom is -0.399 e. The first-order valence-corrected chi connectivity index (χ1v) is 5.61. The third kappa shape index (κ3) is 7.40. The van der Waals surface area contributed by atoms with Crippen LogP contribution in [-0.4, -0.2) is 38.0 Å². The minimum atomic E-state index is -4.52. The number of nitrogens with one attached hydrogen (secondary N) is 1. The molecule has 0 atom stereocenters. The molecule has 0 aliphatic carbocycles. The van der Waals surface area contributed by atoms with Gasteiger partial charge in [-0.25, -0.2) is 0 Å². The molecule has 0 spiro atoms. The number of anilines is 1. The van der Waals surface area contributed by atoms with Crippen LogP contribution in [-0.2, 0) is 6.18 Å². The summed E-state index contributed by atoms with van der Waals surface area (Å²) in [6.07, 6.45) is -4.52. The molecular weight excluding hydrogens is 330 g/mol. The molecule has 0 saturated heterocycles. The fourth-order valence-corrected chi connectivity index (χ4v) is 1.44. The number of nitrogen functional groups attached to an aromatic ring is 1. The first kappa shape index (κ1) is 22.1. The van der Waals surface area contributed by atoms with Crippen molar-refractivity contribution in [2.75, 3.05) is 32.9 Å². The molecule has 3 N–H and O–H groups in total. The Morgan fingerprint density at radius 1 is 1.24 bits per heavy atom. The monoisotopic (exact) mass is 347 g/mol. The Labute approximate surface area is 133 Å². The highest BCUT2D eigenvalue weighted by Crippen LogP contribution is 2.31. The van der Waals surface area contributed by atoms with Crippen molar-refractivity contribution in [2.24, 2.45) is 0 Å². The minimum absolute atomic E-state index is 0. The molecule has 9 heteroatoms. The third-order valence-corrected chi connectivity index (χ3v) is 2.39. The van der Waals surface area contributed by atoms with E-state index in [-0.39, 0.29) is 36.1 Å². The summed E-state index contributed by atoms with van der Waals surface area (Å²) >= 11 is 0. The Morgan fingerprint density at radius 2 is 1.81 bits per heavy atom. The second kappa shape index (κ2) is 8.96. The van der Waals surface area contributed by atoms with Crippen molar-refractivity contribution in [1.29, 1.82) is 0 Å². The molecule has 0 unspecified atom stereocenters. The van der Waals surface area contributed by atoms with Gasteiger partial charge in [0.15, 0.2) is 0 Å². The lowest BCUT2D eigenvalue weighted by molar-refractivity contribution is -0.137. The fraction of sp³-hybridized carbons (Fsp3) is 0.417. The highest BCUT2D eigenvalue weighted by Gasteiger charge is 2.31. The molecule has 4 nitrogen and oxygen atoms in total. The van der Waals surface area contributed by atoms with E-state index in [1.165, 1.54) is 6.07 Å². The van der Waals surface area contributed by atoms with Gasteiger partial charge in [-0.05, 0) is 32.3 Å². The summed E-state index contributed by atoms with van der Waals surface area (Å²) in [7, 11) is 3.66. The standard InChI is InChI=1S/C12H16F3N3O.2ClH/c1-18(2)4-3-17-11(19)8-5-9(12(13,14)15)7-10(16)6-8;;/h5-7H,3-4,16H2,1-2H3,(H,17,19);2*1H. The topological polar surface area (TPSA) is 58.4 Å². The van der Waals surface area contributed by atoms with E-state index in [1.54, 1.807) is 0 Å². The van der Waals surface area contributed by atoms with E-state index in [1.807, 2.05) is 19.0 Å². The van der Waals surface area contributed by atoms with Crippen molar-refractivity contribution < 1.29 is 18.0 Å². The molecular formula is C12H18Cl2F3N3O. The average molecular weight is 348 g/mol. The van der Waals surface area contributed by atoms with E-state index >= 15 is 0 Å². The fourth-order valence-electron chi connectivity index (χ4n) is 1.44. The molecule has 0 saturated carbocycles. The van der Waals surface area contributed by atoms with Crippen molar-refractivity contribution in [3.8, 4) is 0 Å². The first-order valence-electron chi connectivity index (χ1n) is 5.61. The zero-order valence-electron chi connectivity index (χ0n) is 11.5. The summed E-state index contributed by atoms with van der Waals surface area (Å²) in [5, 5.41) is 2.53. The second-order valence-electron chi connectivity index (χ2n) is 4.40. The Balaban J connectivity index is 0. The van der Waals surface area contributed by atoms with Crippen LogP contribution in [0.4, 0.5) is 18.9 Å². The summed E-state index contributed by atoms with van der Waals surface area (Å²) in [4.78, 5) is 13.6. The van der Waals surface area contributed by atoms with Gasteiger partial charge in [0.2, 0.25) is 0 Å². The van der Waals surface area contributed by atoms with Crippen LogP contribution < -0.4 is 11.1 Å². The Bertz CT molecular complexity index is 468. The van der Waals surface area contributed by atoms with E-state index in [4.69, 9.17) is 5.73 Å². The van der Waals surface area contributed by atoms with Gasteiger partial charge in [0.25, 0.3) is 5.91 Å². The molecule has 122 valence electrons. The van der Waals surface area contributed by atoms with Crippen molar-refractivity contribution in [3.63, 3.8) is 0 Å². The van der Waals surface area contributed by atoms with Gasteiger partial charge >= 0.3 is 6.18 Å². The van der Waals surface area contributed by atoms with E-state index in [9.17, 15) is 18.0 Å². The van der Waals surface area contributed by atoms with Crippen molar-refractivity contribution in [1.82, 2.24) is 10.2 Å². The normalized spacial score (nSPS) is 10.6. The molecule has 0 aromatic heterocycles. The Morgan fingerprint density at radius 3 is 2.29 bits per heavy atom. The maximum absolute atomic E-state index is 12.6. The number of benzene rings is 1. The molecule has 0 aliphatic rings. The van der Waals surface area contributed by atoms with Gasteiger partial charge in [-0.1, -0.05) is 0 Å². The van der Waals surface area contributed by atoms with Gasteiger partial charge in [0.05, 0.1) is 5.56 Å². The lowest BCUT2D eigenvalue weighted by Crippen LogP contribution is -2.31. The van der Waals surface area contributed by atoms with Crippen molar-refractivity contribution >= 4 is 36.4 Å². The highest BCUT2D eigenvalue weighted by atomic mass is 35.5. The number of likely N-dealkylation sites (N-methyl/N-ethyl adjacent to an activating group) is 1. The van der Waals surface area contributed by atoms with Gasteiger partial charge in [0, 0.05) is 24.3 Å². The largest absolute Gasteiger partial charge is 0.416 e. The predicted molar refractivity (Wildman–Crippen MR) is 81.2 cm³/mol. The SMILES string of the molecule is CN(C)CCNC(=O)c1cc(N)cc(C(F)(F)F)c1.Cl.Cl. The molecule has 0 aliphatic heterocycles. The summed E-state index contributed by atoms with van der Waals surface area (Å²) in [6, 6.07) is 2.82.